The second-order valence-corrected chi connectivity index (χ2v) is 5.19. The number of halogens is 2. The first-order valence-electron chi connectivity index (χ1n) is 5.45. The number of hydrogen-bond donors (Lipinski definition) is 0. The molecule has 0 aliphatic rings. The molecule has 1 heterocycles. The van der Waals surface area contributed by atoms with E-state index in [0.717, 1.165) is 17.5 Å². The van der Waals surface area contributed by atoms with Gasteiger partial charge in [0.2, 0.25) is 0 Å². The van der Waals surface area contributed by atoms with E-state index in [9.17, 15) is 4.39 Å². The molecular formula is C14H13BrFN. The van der Waals surface area contributed by atoms with E-state index in [1.165, 1.54) is 11.6 Å². The van der Waals surface area contributed by atoms with Crippen molar-refractivity contribution in [2.24, 2.45) is 0 Å². The third-order valence-corrected chi connectivity index (χ3v) is 3.44. The highest BCUT2D eigenvalue weighted by Gasteiger charge is 2.10. The van der Waals surface area contributed by atoms with E-state index in [0.29, 0.717) is 0 Å². The molecule has 0 amide bonds. The minimum absolute atomic E-state index is 0.124. The molecule has 0 spiro atoms. The van der Waals surface area contributed by atoms with Crippen LogP contribution >= 0.6 is 15.9 Å². The van der Waals surface area contributed by atoms with Crippen molar-refractivity contribution in [3.63, 3.8) is 0 Å². The van der Waals surface area contributed by atoms with Crippen LogP contribution in [0.5, 0.6) is 0 Å². The van der Waals surface area contributed by atoms with Crippen molar-refractivity contribution < 1.29 is 4.39 Å². The molecule has 88 valence electrons. The van der Waals surface area contributed by atoms with Crippen molar-refractivity contribution >= 4 is 15.9 Å². The minimum atomic E-state index is -0.181. The summed E-state index contributed by atoms with van der Waals surface area (Å²) in [4.78, 5) is 4.10. The lowest BCUT2D eigenvalue weighted by Crippen LogP contribution is -1.97. The first-order chi connectivity index (χ1) is 8.15. The molecule has 17 heavy (non-hydrogen) atoms. The van der Waals surface area contributed by atoms with Crippen molar-refractivity contribution in [3.8, 4) is 0 Å². The number of nitrogens with zero attached hydrogens (tertiary/aromatic N) is 1. The summed E-state index contributed by atoms with van der Waals surface area (Å²) in [6, 6.07) is 9.06. The van der Waals surface area contributed by atoms with Crippen molar-refractivity contribution in [2.75, 3.05) is 0 Å². The van der Waals surface area contributed by atoms with E-state index in [1.807, 2.05) is 25.1 Å². The van der Waals surface area contributed by atoms with Crippen LogP contribution in [0.1, 0.15) is 21.5 Å². The molecule has 1 atom stereocenters. The Morgan fingerprint density at radius 2 is 1.94 bits per heavy atom. The highest BCUT2D eigenvalue weighted by molar-refractivity contribution is 9.09. The van der Waals surface area contributed by atoms with Gasteiger partial charge in [-0.3, -0.25) is 4.98 Å². The van der Waals surface area contributed by atoms with Gasteiger partial charge in [0.15, 0.2) is 0 Å². The Morgan fingerprint density at radius 1 is 1.24 bits per heavy atom. The molecule has 0 saturated heterocycles. The van der Waals surface area contributed by atoms with Crippen LogP contribution in [-0.4, -0.2) is 4.98 Å². The van der Waals surface area contributed by atoms with Crippen LogP contribution in [0, 0.1) is 12.7 Å². The standard InChI is InChI=1S/C14H13BrFN/c1-10-6-12(9-13(16)7-10)14(15)8-11-2-4-17-5-3-11/h2-7,9,14H,8H2,1H3. The van der Waals surface area contributed by atoms with Gasteiger partial charge in [0.1, 0.15) is 5.82 Å². The number of rotatable bonds is 3. The van der Waals surface area contributed by atoms with E-state index in [4.69, 9.17) is 0 Å². The molecule has 2 rings (SSSR count). The number of alkyl halides is 1. The molecule has 0 aliphatic carbocycles. The number of aromatic nitrogens is 1. The maximum Gasteiger partial charge on any atom is 0.123 e. The van der Waals surface area contributed by atoms with Crippen LogP contribution in [0.4, 0.5) is 4.39 Å². The van der Waals surface area contributed by atoms with Crippen molar-refractivity contribution in [2.45, 2.75) is 18.2 Å². The molecule has 0 bridgehead atoms. The SMILES string of the molecule is Cc1cc(F)cc(C(Br)Cc2ccncc2)c1. The van der Waals surface area contributed by atoms with Gasteiger partial charge in [0.25, 0.3) is 0 Å². The van der Waals surface area contributed by atoms with Gasteiger partial charge in [0, 0.05) is 17.2 Å². The number of benzene rings is 1. The van der Waals surface area contributed by atoms with Crippen molar-refractivity contribution in [3.05, 3.63) is 65.2 Å². The third-order valence-electron chi connectivity index (χ3n) is 2.59. The van der Waals surface area contributed by atoms with Crippen molar-refractivity contribution in [1.82, 2.24) is 4.98 Å². The van der Waals surface area contributed by atoms with E-state index in [1.54, 1.807) is 18.5 Å². The Bertz CT molecular complexity index is 479. The third kappa shape index (κ3) is 3.37. The van der Waals surface area contributed by atoms with Gasteiger partial charge in [-0.2, -0.15) is 0 Å². The monoisotopic (exact) mass is 293 g/mol. The average Bonchev–Trinajstić information content (AvgIpc) is 2.29. The number of aryl methyl sites for hydroxylation is 1. The molecule has 1 aromatic heterocycles. The molecule has 0 saturated carbocycles. The van der Waals surface area contributed by atoms with Gasteiger partial charge in [0.05, 0.1) is 0 Å². The normalized spacial score (nSPS) is 12.4. The van der Waals surface area contributed by atoms with Gasteiger partial charge in [-0.25, -0.2) is 4.39 Å². The van der Waals surface area contributed by atoms with Crippen LogP contribution in [0.3, 0.4) is 0 Å². The summed E-state index contributed by atoms with van der Waals surface area (Å²) in [5.41, 5.74) is 3.10. The van der Waals surface area contributed by atoms with Crippen LogP contribution in [-0.2, 0) is 6.42 Å². The lowest BCUT2D eigenvalue weighted by atomic mass is 10.0. The zero-order chi connectivity index (χ0) is 12.3. The zero-order valence-electron chi connectivity index (χ0n) is 9.53. The van der Waals surface area contributed by atoms with E-state index >= 15 is 0 Å². The zero-order valence-corrected chi connectivity index (χ0v) is 11.1. The van der Waals surface area contributed by atoms with E-state index in [-0.39, 0.29) is 10.6 Å². The Morgan fingerprint density at radius 3 is 2.59 bits per heavy atom. The summed E-state index contributed by atoms with van der Waals surface area (Å²) in [5.74, 6) is -0.181. The first-order valence-corrected chi connectivity index (χ1v) is 6.37. The summed E-state index contributed by atoms with van der Waals surface area (Å²) >= 11 is 3.60. The van der Waals surface area contributed by atoms with Crippen LogP contribution in [0.25, 0.3) is 0 Å². The highest BCUT2D eigenvalue weighted by Crippen LogP contribution is 2.28. The Labute approximate surface area is 109 Å². The fourth-order valence-corrected chi connectivity index (χ4v) is 2.43. The fourth-order valence-electron chi connectivity index (χ4n) is 1.79. The Kier molecular flexibility index (Phi) is 3.89. The largest absolute Gasteiger partial charge is 0.265 e. The summed E-state index contributed by atoms with van der Waals surface area (Å²) in [7, 11) is 0. The fraction of sp³-hybridized carbons (Fsp3) is 0.214. The van der Waals surface area contributed by atoms with Gasteiger partial charge in [-0.05, 0) is 54.3 Å². The predicted octanol–water partition coefficient (Wildman–Crippen LogP) is 4.21. The molecule has 0 N–H and O–H groups in total. The molecule has 1 nitrogen and oxygen atoms in total. The molecule has 3 heteroatoms. The second-order valence-electron chi connectivity index (χ2n) is 4.09. The van der Waals surface area contributed by atoms with Crippen molar-refractivity contribution in [1.29, 1.82) is 0 Å². The lowest BCUT2D eigenvalue weighted by molar-refractivity contribution is 0.623. The highest BCUT2D eigenvalue weighted by atomic mass is 79.9. The minimum Gasteiger partial charge on any atom is -0.265 e. The molecule has 0 aliphatic heterocycles. The topological polar surface area (TPSA) is 12.9 Å². The first kappa shape index (κ1) is 12.2. The Balaban J connectivity index is 2.17. The molecule has 1 unspecified atom stereocenters. The van der Waals surface area contributed by atoms with E-state index in [2.05, 4.69) is 20.9 Å². The van der Waals surface area contributed by atoms with Gasteiger partial charge in [-0.1, -0.05) is 22.0 Å². The van der Waals surface area contributed by atoms with Gasteiger partial charge >= 0.3 is 0 Å². The Hall–Kier alpha value is -1.22. The van der Waals surface area contributed by atoms with Gasteiger partial charge < -0.3 is 0 Å². The summed E-state index contributed by atoms with van der Waals surface area (Å²) in [5, 5.41) is 0. The predicted molar refractivity (Wildman–Crippen MR) is 70.7 cm³/mol. The van der Waals surface area contributed by atoms with E-state index < -0.39 is 0 Å². The lowest BCUT2D eigenvalue weighted by Gasteiger charge is -2.11. The molecular weight excluding hydrogens is 281 g/mol. The van der Waals surface area contributed by atoms with Crippen LogP contribution in [0.15, 0.2) is 42.7 Å². The maximum atomic E-state index is 13.3. The molecule has 1 aromatic carbocycles. The maximum absolute atomic E-state index is 13.3. The quantitative estimate of drug-likeness (QED) is 0.773. The summed E-state index contributed by atoms with van der Waals surface area (Å²) in [6.45, 7) is 1.90. The summed E-state index contributed by atoms with van der Waals surface area (Å²) in [6.07, 6.45) is 4.36. The molecule has 0 fully saturated rings. The van der Waals surface area contributed by atoms with Gasteiger partial charge in [-0.15, -0.1) is 0 Å². The number of pyridine rings is 1. The molecule has 2 aromatic rings. The van der Waals surface area contributed by atoms with Crippen LogP contribution < -0.4 is 0 Å². The average molecular weight is 294 g/mol. The number of hydrogen-bond acceptors (Lipinski definition) is 1. The molecule has 0 radical (unpaired) electrons. The smallest absolute Gasteiger partial charge is 0.123 e. The second kappa shape index (κ2) is 5.41. The van der Waals surface area contributed by atoms with Crippen LogP contribution in [0.2, 0.25) is 0 Å². The summed E-state index contributed by atoms with van der Waals surface area (Å²) < 4.78 is 13.3.